The van der Waals surface area contributed by atoms with Crippen molar-refractivity contribution in [1.29, 1.82) is 0 Å². The number of amides is 6. The average Bonchev–Trinajstić information content (AvgIpc) is 4.04. The van der Waals surface area contributed by atoms with Gasteiger partial charge in [-0.2, -0.15) is 0 Å². The molecule has 4 aliphatic rings. The Morgan fingerprint density at radius 3 is 2.38 bits per heavy atom. The molecular formula is C48H48ClF5N10O5. The van der Waals surface area contributed by atoms with E-state index in [1.165, 1.54) is 71.2 Å². The van der Waals surface area contributed by atoms with Gasteiger partial charge >= 0.3 is 6.03 Å². The van der Waals surface area contributed by atoms with Crippen molar-refractivity contribution in [3.05, 3.63) is 106 Å². The van der Waals surface area contributed by atoms with Crippen LogP contribution < -0.4 is 10.2 Å². The van der Waals surface area contributed by atoms with Gasteiger partial charge in [-0.05, 0) is 73.7 Å². The second-order valence-electron chi connectivity index (χ2n) is 18.1. The van der Waals surface area contributed by atoms with Crippen LogP contribution >= 0.6 is 11.6 Å². The van der Waals surface area contributed by atoms with Crippen LogP contribution in [-0.4, -0.2) is 141 Å². The van der Waals surface area contributed by atoms with Crippen LogP contribution in [0, 0.1) is 17.5 Å². The summed E-state index contributed by atoms with van der Waals surface area (Å²) in [4.78, 5) is 74.3. The number of nitrogens with one attached hydrogen (secondary N) is 2. The lowest BCUT2D eigenvalue weighted by atomic mass is 9.83. The number of alkyl halides is 2. The molecule has 0 radical (unpaired) electrons. The van der Waals surface area contributed by atoms with Crippen molar-refractivity contribution in [2.24, 2.45) is 0 Å². The standard InChI is InChI=1S/C48H48ClF5N10O5/c1-59(2)46(68)37-24-34-33(23-32(43(52)44(34)56-37)28-4-3-15-61(25-28)40(66)13-19-63-21-14-55-58-63)30-6-7-31(42(51)41(30)50)35-11-18-62(26-48(35,53)54)29-9-16-60(17-10-29)45(67)27-5-8-36(49)38(22-27)64-20-12-39(65)57-47(64)69/h4-8,14,21-24,29,35,56H,3,9-13,15-20,25-26H2,1-2H3,(H,57,65,69)/t35-/m0/s1. The number of anilines is 1. The highest BCUT2D eigenvalue weighted by Crippen LogP contribution is 2.45. The zero-order valence-corrected chi connectivity index (χ0v) is 38.5. The number of aromatic amines is 1. The number of urea groups is 1. The number of benzene rings is 3. The first kappa shape index (κ1) is 47.4. The van der Waals surface area contributed by atoms with Crippen molar-refractivity contribution < 1.29 is 45.9 Å². The summed E-state index contributed by atoms with van der Waals surface area (Å²) in [6.45, 7) is 0.716. The van der Waals surface area contributed by atoms with Gasteiger partial charge in [0.05, 0.1) is 41.4 Å². The normalized spacial score (nSPS) is 19.2. The molecule has 9 rings (SSSR count). The second kappa shape index (κ2) is 19.0. The van der Waals surface area contributed by atoms with Crippen LogP contribution in [0.2, 0.25) is 5.02 Å². The number of hydrogen-bond acceptors (Lipinski definition) is 8. The summed E-state index contributed by atoms with van der Waals surface area (Å²) in [5, 5.41) is 10.2. The molecule has 3 saturated heterocycles. The van der Waals surface area contributed by atoms with E-state index in [0.29, 0.717) is 31.4 Å². The monoisotopic (exact) mass is 974 g/mol. The van der Waals surface area contributed by atoms with E-state index in [1.54, 1.807) is 27.0 Å². The Hall–Kier alpha value is -6.67. The fraction of sp³-hybridized carbons (Fsp3) is 0.396. The van der Waals surface area contributed by atoms with Gasteiger partial charge in [0.25, 0.3) is 17.7 Å². The van der Waals surface area contributed by atoms with Gasteiger partial charge in [0, 0.05) is 99.5 Å². The lowest BCUT2D eigenvalue weighted by Gasteiger charge is -2.45. The minimum Gasteiger partial charge on any atom is -0.348 e. The molecule has 69 heavy (non-hydrogen) atoms. The number of likely N-dealkylation sites (tertiary alicyclic amines) is 2. The Morgan fingerprint density at radius 1 is 0.884 bits per heavy atom. The van der Waals surface area contributed by atoms with E-state index in [4.69, 9.17) is 11.6 Å². The molecule has 362 valence electrons. The number of nitrogens with zero attached hydrogens (tertiary/aromatic N) is 8. The minimum atomic E-state index is -3.48. The van der Waals surface area contributed by atoms with Crippen molar-refractivity contribution >= 4 is 63.4 Å². The maximum absolute atomic E-state index is 16.6. The van der Waals surface area contributed by atoms with Crippen molar-refractivity contribution in [3.63, 3.8) is 0 Å². The Morgan fingerprint density at radius 2 is 1.67 bits per heavy atom. The summed E-state index contributed by atoms with van der Waals surface area (Å²) >= 11 is 6.37. The van der Waals surface area contributed by atoms with Crippen LogP contribution in [0.25, 0.3) is 27.6 Å². The molecule has 6 heterocycles. The predicted molar refractivity (Wildman–Crippen MR) is 245 cm³/mol. The lowest BCUT2D eigenvalue weighted by molar-refractivity contribution is -0.131. The maximum Gasteiger partial charge on any atom is 0.328 e. The number of halogens is 6. The largest absolute Gasteiger partial charge is 0.348 e. The molecule has 6 amide bonds. The smallest absolute Gasteiger partial charge is 0.328 e. The molecule has 0 spiro atoms. The van der Waals surface area contributed by atoms with Crippen molar-refractivity contribution in [2.45, 2.75) is 63.0 Å². The fourth-order valence-corrected chi connectivity index (χ4v) is 10.1. The van der Waals surface area contributed by atoms with Crippen molar-refractivity contribution in [3.8, 4) is 11.1 Å². The van der Waals surface area contributed by atoms with Gasteiger partial charge in [0.2, 0.25) is 11.8 Å². The third-order valence-electron chi connectivity index (χ3n) is 13.6. The van der Waals surface area contributed by atoms with Crippen LogP contribution in [-0.2, 0) is 16.1 Å². The summed E-state index contributed by atoms with van der Waals surface area (Å²) in [7, 11) is 3.01. The maximum atomic E-state index is 16.6. The molecule has 0 bridgehead atoms. The molecule has 0 aliphatic carbocycles. The van der Waals surface area contributed by atoms with Crippen LogP contribution in [0.15, 0.2) is 60.9 Å². The summed E-state index contributed by atoms with van der Waals surface area (Å²) < 4.78 is 83.8. The zero-order chi connectivity index (χ0) is 48.9. The third-order valence-corrected chi connectivity index (χ3v) is 13.9. The van der Waals surface area contributed by atoms with Gasteiger partial charge in [-0.1, -0.05) is 35.0 Å². The highest BCUT2D eigenvalue weighted by atomic mass is 35.5. The summed E-state index contributed by atoms with van der Waals surface area (Å²) in [6, 6.07) is 8.62. The number of aromatic nitrogens is 4. The van der Waals surface area contributed by atoms with Crippen molar-refractivity contribution in [1.82, 2.24) is 44.9 Å². The van der Waals surface area contributed by atoms with E-state index in [9.17, 15) is 24.0 Å². The predicted octanol–water partition coefficient (Wildman–Crippen LogP) is 7.08. The van der Waals surface area contributed by atoms with Gasteiger partial charge < -0.3 is 19.7 Å². The Kier molecular flexibility index (Phi) is 13.1. The van der Waals surface area contributed by atoms with Gasteiger partial charge in [-0.3, -0.25) is 39.0 Å². The quantitative estimate of drug-likeness (QED) is 0.141. The number of rotatable bonds is 10. The highest BCUT2D eigenvalue weighted by Gasteiger charge is 2.48. The number of H-pyrrole nitrogens is 1. The van der Waals surface area contributed by atoms with Crippen LogP contribution in [0.5, 0.6) is 0 Å². The number of imide groups is 1. The summed E-state index contributed by atoms with van der Waals surface area (Å²) in [5.74, 6) is -10.2. The summed E-state index contributed by atoms with van der Waals surface area (Å²) in [5.41, 5.74) is -0.0192. The molecule has 3 aromatic carbocycles. The molecular weight excluding hydrogens is 927 g/mol. The number of carbonyl (C=O) groups is 5. The highest BCUT2D eigenvalue weighted by molar-refractivity contribution is 6.34. The first-order valence-corrected chi connectivity index (χ1v) is 23.0. The number of aryl methyl sites for hydroxylation is 1. The second-order valence-corrected chi connectivity index (χ2v) is 18.5. The number of hydrogen-bond donors (Lipinski definition) is 2. The van der Waals surface area contributed by atoms with Crippen LogP contribution in [0.3, 0.4) is 0 Å². The molecule has 15 nitrogen and oxygen atoms in total. The SMILES string of the molecule is CN(C)C(=O)c1cc2c(-c3ccc([C@@H]4CCN(C5CCN(C(=O)c6ccc(Cl)c(N7CCC(=O)NC7=O)c6)CC5)CC4(F)F)c(F)c3F)cc(C3=CCCN(C(=O)CCn4ccnn4)C3)c(F)c2[nH]1. The number of fused-ring (bicyclic) bond motifs is 1. The van der Waals surface area contributed by atoms with Crippen LogP contribution in [0.1, 0.15) is 76.4 Å². The van der Waals surface area contributed by atoms with Gasteiger partial charge in [0.15, 0.2) is 17.5 Å². The number of carbonyl (C=O) groups excluding carboxylic acids is 5. The van der Waals surface area contributed by atoms with Gasteiger partial charge in [-0.25, -0.2) is 26.7 Å². The molecule has 0 unspecified atom stereocenters. The van der Waals surface area contributed by atoms with E-state index >= 15 is 22.0 Å². The molecule has 0 saturated carbocycles. The first-order valence-electron chi connectivity index (χ1n) is 22.7. The molecule has 2 N–H and O–H groups in total. The molecule has 4 aliphatic heterocycles. The van der Waals surface area contributed by atoms with Gasteiger partial charge in [0.1, 0.15) is 5.69 Å². The van der Waals surface area contributed by atoms with E-state index in [2.05, 4.69) is 20.6 Å². The Labute approximate surface area is 397 Å². The Balaban J connectivity index is 0.915. The van der Waals surface area contributed by atoms with E-state index in [1.807, 2.05) is 0 Å². The van der Waals surface area contributed by atoms with E-state index < -0.39 is 59.2 Å². The van der Waals surface area contributed by atoms with Gasteiger partial charge in [-0.15, -0.1) is 5.10 Å². The average molecular weight is 975 g/mol. The van der Waals surface area contributed by atoms with E-state index in [0.717, 1.165) is 6.07 Å². The molecule has 21 heteroatoms. The fourth-order valence-electron chi connectivity index (χ4n) is 9.91. The topological polar surface area (TPSA) is 160 Å². The third kappa shape index (κ3) is 9.30. The Bertz CT molecular complexity index is 2900. The number of piperidine rings is 2. The zero-order valence-electron chi connectivity index (χ0n) is 37.7. The van der Waals surface area contributed by atoms with E-state index in [-0.39, 0.29) is 126 Å². The molecule has 1 atom stereocenters. The molecule has 5 aromatic rings. The first-order chi connectivity index (χ1) is 33.0. The minimum absolute atomic E-state index is 0.00272. The summed E-state index contributed by atoms with van der Waals surface area (Å²) in [6.07, 6.45) is 6.02. The molecule has 3 fully saturated rings. The lowest BCUT2D eigenvalue weighted by Crippen LogP contribution is -2.54. The van der Waals surface area contributed by atoms with Crippen LogP contribution in [0.4, 0.5) is 32.4 Å². The van der Waals surface area contributed by atoms with Crippen molar-refractivity contribution in [2.75, 3.05) is 64.8 Å². The molecule has 2 aromatic heterocycles.